The van der Waals surface area contributed by atoms with E-state index < -0.39 is 5.54 Å². The van der Waals surface area contributed by atoms with E-state index in [0.717, 1.165) is 44.0 Å². The Hall–Kier alpha value is -2.93. The van der Waals surface area contributed by atoms with E-state index in [2.05, 4.69) is 15.1 Å². The van der Waals surface area contributed by atoms with Crippen molar-refractivity contribution in [3.63, 3.8) is 0 Å². The summed E-state index contributed by atoms with van der Waals surface area (Å²) in [6.45, 7) is 6.94. The third kappa shape index (κ3) is 3.89. The van der Waals surface area contributed by atoms with Crippen LogP contribution < -0.4 is 15.1 Å². The van der Waals surface area contributed by atoms with Gasteiger partial charge in [0, 0.05) is 31.9 Å². The molecule has 0 saturated carbocycles. The Labute approximate surface area is 176 Å². The SMILES string of the molecule is CC1(C)C(=O)Nc2ccccc2N1C(=O)CN1CCCN(c2ccc(F)cc2)CC1. The number of nitrogens with one attached hydrogen (secondary N) is 1. The van der Waals surface area contributed by atoms with Crippen LogP contribution in [0.1, 0.15) is 20.3 Å². The van der Waals surface area contributed by atoms with Gasteiger partial charge in [0.25, 0.3) is 0 Å². The van der Waals surface area contributed by atoms with Gasteiger partial charge in [0.1, 0.15) is 11.4 Å². The van der Waals surface area contributed by atoms with Gasteiger partial charge in [-0.05, 0) is 56.7 Å². The molecule has 6 nitrogen and oxygen atoms in total. The first-order valence-corrected chi connectivity index (χ1v) is 10.3. The van der Waals surface area contributed by atoms with E-state index in [1.165, 1.54) is 12.1 Å². The van der Waals surface area contributed by atoms with Gasteiger partial charge in [-0.2, -0.15) is 0 Å². The van der Waals surface area contributed by atoms with Crippen LogP contribution in [0.3, 0.4) is 0 Å². The Morgan fingerprint density at radius 2 is 1.77 bits per heavy atom. The van der Waals surface area contributed by atoms with Gasteiger partial charge in [-0.1, -0.05) is 12.1 Å². The summed E-state index contributed by atoms with van der Waals surface area (Å²) in [5, 5.41) is 2.90. The first-order chi connectivity index (χ1) is 14.4. The highest BCUT2D eigenvalue weighted by Gasteiger charge is 2.43. The van der Waals surface area contributed by atoms with E-state index in [0.29, 0.717) is 5.69 Å². The molecular weight excluding hydrogens is 383 g/mol. The number of hydrogen-bond donors (Lipinski definition) is 1. The van der Waals surface area contributed by atoms with E-state index in [1.54, 1.807) is 30.9 Å². The summed E-state index contributed by atoms with van der Waals surface area (Å²) < 4.78 is 13.2. The van der Waals surface area contributed by atoms with E-state index in [1.807, 2.05) is 24.3 Å². The maximum atomic E-state index is 13.3. The van der Waals surface area contributed by atoms with Crippen LogP contribution in [-0.4, -0.2) is 55.0 Å². The van der Waals surface area contributed by atoms with Gasteiger partial charge in [0.05, 0.1) is 17.9 Å². The van der Waals surface area contributed by atoms with Crippen molar-refractivity contribution in [3.8, 4) is 0 Å². The number of para-hydroxylation sites is 2. The third-order valence-corrected chi connectivity index (χ3v) is 5.90. The summed E-state index contributed by atoms with van der Waals surface area (Å²) in [5.41, 5.74) is 1.42. The zero-order valence-corrected chi connectivity index (χ0v) is 17.4. The third-order valence-electron chi connectivity index (χ3n) is 5.90. The Morgan fingerprint density at radius 3 is 2.53 bits per heavy atom. The monoisotopic (exact) mass is 410 g/mol. The van der Waals surface area contributed by atoms with Gasteiger partial charge in [-0.3, -0.25) is 19.4 Å². The van der Waals surface area contributed by atoms with Crippen LogP contribution in [-0.2, 0) is 9.59 Å². The fraction of sp³-hybridized carbons (Fsp3) is 0.391. The molecule has 0 unspecified atom stereocenters. The number of rotatable bonds is 3. The number of benzene rings is 2. The molecule has 0 spiro atoms. The average molecular weight is 410 g/mol. The van der Waals surface area contributed by atoms with Gasteiger partial charge in [0.2, 0.25) is 11.8 Å². The Morgan fingerprint density at radius 1 is 1.03 bits per heavy atom. The second-order valence-corrected chi connectivity index (χ2v) is 8.35. The number of carbonyl (C=O) groups is 2. The second-order valence-electron chi connectivity index (χ2n) is 8.35. The molecule has 2 aromatic carbocycles. The van der Waals surface area contributed by atoms with E-state index in [-0.39, 0.29) is 24.2 Å². The summed E-state index contributed by atoms with van der Waals surface area (Å²) in [6.07, 6.45) is 0.908. The normalized spacial score (nSPS) is 19.1. The summed E-state index contributed by atoms with van der Waals surface area (Å²) in [7, 11) is 0. The molecule has 1 fully saturated rings. The summed E-state index contributed by atoms with van der Waals surface area (Å²) in [5.74, 6) is -0.514. The Kier molecular flexibility index (Phi) is 5.47. The standard InChI is InChI=1S/C23H27FN4O2/c1-23(2)22(30)25-19-6-3-4-7-20(19)28(23)21(29)16-26-12-5-13-27(15-14-26)18-10-8-17(24)9-11-18/h3-4,6-11H,5,12-16H2,1-2H3,(H,25,30). The zero-order chi connectivity index (χ0) is 21.3. The first-order valence-electron chi connectivity index (χ1n) is 10.3. The highest BCUT2D eigenvalue weighted by Crippen LogP contribution is 2.36. The lowest BCUT2D eigenvalue weighted by molar-refractivity contribution is -0.127. The molecule has 30 heavy (non-hydrogen) atoms. The molecule has 2 aliphatic rings. The van der Waals surface area contributed by atoms with Crippen LogP contribution in [0.5, 0.6) is 0 Å². The van der Waals surface area contributed by atoms with Gasteiger partial charge in [0.15, 0.2) is 0 Å². The molecule has 0 aliphatic carbocycles. The minimum atomic E-state index is -0.961. The van der Waals surface area contributed by atoms with Crippen LogP contribution >= 0.6 is 0 Å². The van der Waals surface area contributed by atoms with Crippen LogP contribution in [0.15, 0.2) is 48.5 Å². The topological polar surface area (TPSA) is 55.9 Å². The second kappa shape index (κ2) is 8.07. The lowest BCUT2D eigenvalue weighted by Crippen LogP contribution is -2.60. The predicted molar refractivity (Wildman–Crippen MR) is 116 cm³/mol. The van der Waals surface area contributed by atoms with Crippen LogP contribution in [0.25, 0.3) is 0 Å². The number of amides is 2. The fourth-order valence-electron chi connectivity index (χ4n) is 4.20. The minimum Gasteiger partial charge on any atom is -0.370 e. The van der Waals surface area contributed by atoms with Gasteiger partial charge >= 0.3 is 0 Å². The summed E-state index contributed by atoms with van der Waals surface area (Å²) in [4.78, 5) is 31.9. The summed E-state index contributed by atoms with van der Waals surface area (Å²) >= 11 is 0. The molecular formula is C23H27FN4O2. The zero-order valence-electron chi connectivity index (χ0n) is 17.4. The number of fused-ring (bicyclic) bond motifs is 1. The number of anilines is 3. The predicted octanol–water partition coefficient (Wildman–Crippen LogP) is 3.10. The number of hydrogen-bond acceptors (Lipinski definition) is 4. The van der Waals surface area contributed by atoms with Crippen LogP contribution in [0, 0.1) is 5.82 Å². The van der Waals surface area contributed by atoms with Crippen molar-refractivity contribution in [2.75, 3.05) is 47.8 Å². The molecule has 158 valence electrons. The summed E-state index contributed by atoms with van der Waals surface area (Å²) in [6, 6.07) is 13.9. The largest absolute Gasteiger partial charge is 0.370 e. The highest BCUT2D eigenvalue weighted by molar-refractivity contribution is 6.14. The Bertz CT molecular complexity index is 944. The quantitative estimate of drug-likeness (QED) is 0.845. The van der Waals surface area contributed by atoms with Gasteiger partial charge < -0.3 is 10.2 Å². The van der Waals surface area contributed by atoms with Crippen molar-refractivity contribution < 1.29 is 14.0 Å². The maximum Gasteiger partial charge on any atom is 0.250 e. The first kappa shape index (κ1) is 20.3. The minimum absolute atomic E-state index is 0.0856. The van der Waals surface area contributed by atoms with E-state index in [4.69, 9.17) is 0 Å². The lowest BCUT2D eigenvalue weighted by atomic mass is 9.96. The van der Waals surface area contributed by atoms with Crippen molar-refractivity contribution in [2.45, 2.75) is 25.8 Å². The molecule has 2 aromatic rings. The number of carbonyl (C=O) groups excluding carboxylic acids is 2. The molecule has 0 radical (unpaired) electrons. The molecule has 1 saturated heterocycles. The van der Waals surface area contributed by atoms with Crippen molar-refractivity contribution in [1.82, 2.24) is 4.90 Å². The fourth-order valence-corrected chi connectivity index (χ4v) is 4.20. The van der Waals surface area contributed by atoms with Crippen molar-refractivity contribution >= 4 is 28.9 Å². The lowest BCUT2D eigenvalue weighted by Gasteiger charge is -2.42. The maximum absolute atomic E-state index is 13.3. The highest BCUT2D eigenvalue weighted by atomic mass is 19.1. The smallest absolute Gasteiger partial charge is 0.250 e. The van der Waals surface area contributed by atoms with Gasteiger partial charge in [-0.25, -0.2) is 4.39 Å². The molecule has 2 aliphatic heterocycles. The molecule has 1 N–H and O–H groups in total. The molecule has 2 amide bonds. The molecule has 0 aromatic heterocycles. The average Bonchev–Trinajstić information content (AvgIpc) is 2.95. The molecule has 2 heterocycles. The molecule has 0 bridgehead atoms. The molecule has 7 heteroatoms. The Balaban J connectivity index is 1.47. The van der Waals surface area contributed by atoms with Crippen molar-refractivity contribution in [3.05, 3.63) is 54.3 Å². The van der Waals surface area contributed by atoms with E-state index >= 15 is 0 Å². The molecule has 0 atom stereocenters. The molecule has 4 rings (SSSR count). The number of halogens is 1. The van der Waals surface area contributed by atoms with Gasteiger partial charge in [-0.15, -0.1) is 0 Å². The van der Waals surface area contributed by atoms with Crippen LogP contribution in [0.4, 0.5) is 21.5 Å². The number of nitrogens with zero attached hydrogens (tertiary/aromatic N) is 3. The van der Waals surface area contributed by atoms with Crippen molar-refractivity contribution in [1.29, 1.82) is 0 Å². The van der Waals surface area contributed by atoms with Crippen LogP contribution in [0.2, 0.25) is 0 Å². The van der Waals surface area contributed by atoms with E-state index in [9.17, 15) is 14.0 Å². The van der Waals surface area contributed by atoms with Crippen molar-refractivity contribution in [2.24, 2.45) is 0 Å².